The highest BCUT2D eigenvalue weighted by Gasteiger charge is 2.23. The van der Waals surface area contributed by atoms with Crippen LogP contribution in [0.5, 0.6) is 11.5 Å². The lowest BCUT2D eigenvalue weighted by atomic mass is 10.2. The molecule has 0 radical (unpaired) electrons. The molecular weight excluding hydrogens is 356 g/mol. The van der Waals surface area contributed by atoms with E-state index < -0.39 is 15.9 Å². The minimum atomic E-state index is -3.71. The molecule has 0 saturated carbocycles. The second kappa shape index (κ2) is 8.20. The number of hydrogen-bond acceptors (Lipinski definition) is 5. The van der Waals surface area contributed by atoms with Crippen LogP contribution in [-0.4, -0.2) is 46.4 Å². The van der Waals surface area contributed by atoms with Crippen LogP contribution in [0.3, 0.4) is 0 Å². The van der Waals surface area contributed by atoms with Gasteiger partial charge >= 0.3 is 0 Å². The number of ether oxygens (including phenoxy) is 2. The van der Waals surface area contributed by atoms with E-state index in [4.69, 9.17) is 9.47 Å². The largest absolute Gasteiger partial charge is 0.495 e. The first-order chi connectivity index (χ1) is 12.3. The van der Waals surface area contributed by atoms with Crippen molar-refractivity contribution in [3.05, 3.63) is 48.0 Å². The van der Waals surface area contributed by atoms with E-state index >= 15 is 0 Å². The SMILES string of the molecule is COc1ccc(NC(=O)COc2ccccc2C)cc1S(=O)(=O)N(C)C. The van der Waals surface area contributed by atoms with E-state index in [-0.39, 0.29) is 17.3 Å². The number of methoxy groups -OCH3 is 1. The highest BCUT2D eigenvalue weighted by atomic mass is 32.2. The van der Waals surface area contributed by atoms with E-state index in [0.717, 1.165) is 9.87 Å². The van der Waals surface area contributed by atoms with Crippen molar-refractivity contribution >= 4 is 21.6 Å². The molecule has 2 aromatic carbocycles. The third-order valence-electron chi connectivity index (χ3n) is 3.66. The summed E-state index contributed by atoms with van der Waals surface area (Å²) in [6.45, 7) is 1.70. The van der Waals surface area contributed by atoms with Gasteiger partial charge in [-0.25, -0.2) is 12.7 Å². The maximum absolute atomic E-state index is 12.4. The number of nitrogens with zero attached hydrogens (tertiary/aromatic N) is 1. The molecule has 26 heavy (non-hydrogen) atoms. The third kappa shape index (κ3) is 4.53. The third-order valence-corrected chi connectivity index (χ3v) is 5.49. The van der Waals surface area contributed by atoms with Crippen molar-refractivity contribution < 1.29 is 22.7 Å². The van der Waals surface area contributed by atoms with Crippen molar-refractivity contribution in [2.75, 3.05) is 33.1 Å². The molecular formula is C18H22N2O5S. The van der Waals surface area contributed by atoms with Gasteiger partial charge in [0, 0.05) is 19.8 Å². The van der Waals surface area contributed by atoms with Crippen LogP contribution >= 0.6 is 0 Å². The van der Waals surface area contributed by atoms with Gasteiger partial charge < -0.3 is 14.8 Å². The highest BCUT2D eigenvalue weighted by Crippen LogP contribution is 2.28. The fourth-order valence-electron chi connectivity index (χ4n) is 2.21. The Morgan fingerprint density at radius 1 is 1.12 bits per heavy atom. The molecule has 0 saturated heterocycles. The molecule has 1 N–H and O–H groups in total. The van der Waals surface area contributed by atoms with E-state index in [1.54, 1.807) is 12.1 Å². The van der Waals surface area contributed by atoms with Gasteiger partial charge in [0.25, 0.3) is 5.91 Å². The molecule has 0 atom stereocenters. The molecule has 2 aromatic rings. The lowest BCUT2D eigenvalue weighted by Gasteiger charge is -2.16. The van der Waals surface area contributed by atoms with Gasteiger partial charge in [0.2, 0.25) is 10.0 Å². The minimum Gasteiger partial charge on any atom is -0.495 e. The fraction of sp³-hybridized carbons (Fsp3) is 0.278. The number of sulfonamides is 1. The second-order valence-electron chi connectivity index (χ2n) is 5.76. The monoisotopic (exact) mass is 378 g/mol. The Kier molecular flexibility index (Phi) is 6.23. The van der Waals surface area contributed by atoms with E-state index in [1.807, 2.05) is 25.1 Å². The molecule has 0 fully saturated rings. The molecule has 0 unspecified atom stereocenters. The Labute approximate surface area is 153 Å². The number of rotatable bonds is 7. The molecule has 0 aromatic heterocycles. The van der Waals surface area contributed by atoms with Crippen molar-refractivity contribution in [3.8, 4) is 11.5 Å². The number of benzene rings is 2. The number of anilines is 1. The predicted octanol–water partition coefficient (Wildman–Crippen LogP) is 2.27. The minimum absolute atomic E-state index is 0.0253. The Hall–Kier alpha value is -2.58. The fourth-order valence-corrected chi connectivity index (χ4v) is 3.29. The van der Waals surface area contributed by atoms with Crippen LogP contribution in [0.25, 0.3) is 0 Å². The molecule has 0 aliphatic heterocycles. The zero-order chi connectivity index (χ0) is 19.3. The van der Waals surface area contributed by atoms with Crippen LogP contribution in [0.1, 0.15) is 5.56 Å². The summed E-state index contributed by atoms with van der Waals surface area (Å²) in [5.74, 6) is 0.424. The smallest absolute Gasteiger partial charge is 0.262 e. The van der Waals surface area contributed by atoms with Crippen LogP contribution in [0.15, 0.2) is 47.4 Å². The molecule has 0 heterocycles. The summed E-state index contributed by atoms with van der Waals surface area (Å²) in [5.41, 5.74) is 1.26. The number of nitrogens with one attached hydrogen (secondary N) is 1. The first kappa shape index (κ1) is 19.7. The van der Waals surface area contributed by atoms with Crippen molar-refractivity contribution in [1.29, 1.82) is 0 Å². The molecule has 0 bridgehead atoms. The van der Waals surface area contributed by atoms with Crippen molar-refractivity contribution in [2.24, 2.45) is 0 Å². The van der Waals surface area contributed by atoms with Gasteiger partial charge in [-0.2, -0.15) is 0 Å². The van der Waals surface area contributed by atoms with Gasteiger partial charge in [-0.15, -0.1) is 0 Å². The number of hydrogen-bond donors (Lipinski definition) is 1. The highest BCUT2D eigenvalue weighted by molar-refractivity contribution is 7.89. The topological polar surface area (TPSA) is 84.9 Å². The van der Waals surface area contributed by atoms with Gasteiger partial charge in [-0.05, 0) is 36.8 Å². The van der Waals surface area contributed by atoms with Gasteiger partial charge in [-0.1, -0.05) is 18.2 Å². The maximum Gasteiger partial charge on any atom is 0.262 e. The molecule has 140 valence electrons. The van der Waals surface area contributed by atoms with Gasteiger partial charge in [0.15, 0.2) is 6.61 Å². The number of aryl methyl sites for hydroxylation is 1. The lowest BCUT2D eigenvalue weighted by Crippen LogP contribution is -2.24. The number of carbonyl (C=O) groups excluding carboxylic acids is 1. The molecule has 0 aliphatic rings. The summed E-state index contributed by atoms with van der Waals surface area (Å²) >= 11 is 0. The van der Waals surface area contributed by atoms with Crippen molar-refractivity contribution in [1.82, 2.24) is 4.31 Å². The summed E-state index contributed by atoms with van der Waals surface area (Å²) < 4.78 is 36.5. The lowest BCUT2D eigenvalue weighted by molar-refractivity contribution is -0.118. The molecule has 1 amide bonds. The Bertz CT molecular complexity index is 894. The van der Waals surface area contributed by atoms with Crippen LogP contribution < -0.4 is 14.8 Å². The first-order valence-corrected chi connectivity index (χ1v) is 9.28. The van der Waals surface area contributed by atoms with Crippen LogP contribution in [0.4, 0.5) is 5.69 Å². The quantitative estimate of drug-likeness (QED) is 0.799. The Morgan fingerprint density at radius 2 is 1.81 bits per heavy atom. The average molecular weight is 378 g/mol. The average Bonchev–Trinajstić information content (AvgIpc) is 2.60. The zero-order valence-electron chi connectivity index (χ0n) is 15.1. The molecule has 7 nitrogen and oxygen atoms in total. The first-order valence-electron chi connectivity index (χ1n) is 7.84. The summed E-state index contributed by atoms with van der Waals surface area (Å²) in [7, 11) is 0.527. The van der Waals surface area contributed by atoms with Gasteiger partial charge in [0.05, 0.1) is 7.11 Å². The van der Waals surface area contributed by atoms with Crippen LogP contribution in [-0.2, 0) is 14.8 Å². The molecule has 0 aliphatic carbocycles. The molecule has 2 rings (SSSR count). The number of amides is 1. The number of carbonyl (C=O) groups is 1. The van der Waals surface area contributed by atoms with Crippen molar-refractivity contribution in [3.63, 3.8) is 0 Å². The maximum atomic E-state index is 12.4. The summed E-state index contributed by atoms with van der Waals surface area (Å²) in [6, 6.07) is 11.8. The Morgan fingerprint density at radius 3 is 2.42 bits per heavy atom. The summed E-state index contributed by atoms with van der Waals surface area (Å²) in [4.78, 5) is 12.1. The Balaban J connectivity index is 2.14. The summed E-state index contributed by atoms with van der Waals surface area (Å²) in [6.07, 6.45) is 0. The van der Waals surface area contributed by atoms with Crippen LogP contribution in [0.2, 0.25) is 0 Å². The summed E-state index contributed by atoms with van der Waals surface area (Å²) in [5, 5.41) is 2.63. The van der Waals surface area contributed by atoms with E-state index in [9.17, 15) is 13.2 Å². The van der Waals surface area contributed by atoms with E-state index in [0.29, 0.717) is 11.4 Å². The number of para-hydroxylation sites is 1. The van der Waals surface area contributed by atoms with Crippen LogP contribution in [0, 0.1) is 6.92 Å². The molecule has 0 spiro atoms. The second-order valence-corrected chi connectivity index (χ2v) is 7.88. The van der Waals surface area contributed by atoms with Gasteiger partial charge in [-0.3, -0.25) is 4.79 Å². The van der Waals surface area contributed by atoms with E-state index in [2.05, 4.69) is 5.32 Å². The zero-order valence-corrected chi connectivity index (χ0v) is 16.0. The van der Waals surface area contributed by atoms with E-state index in [1.165, 1.54) is 33.3 Å². The normalized spacial score (nSPS) is 11.3. The predicted molar refractivity (Wildman–Crippen MR) is 99.2 cm³/mol. The molecule has 8 heteroatoms. The standard InChI is InChI=1S/C18H22N2O5S/c1-13-7-5-6-8-15(13)25-12-18(21)19-14-9-10-16(24-4)17(11-14)26(22,23)20(2)3/h5-11H,12H2,1-4H3,(H,19,21). The van der Waals surface area contributed by atoms with Crippen molar-refractivity contribution in [2.45, 2.75) is 11.8 Å². The van der Waals surface area contributed by atoms with Gasteiger partial charge in [0.1, 0.15) is 16.4 Å².